The molecule has 9 fully saturated rings. The molecule has 0 nitrogen and oxygen atoms in total. The van der Waals surface area contributed by atoms with Gasteiger partial charge in [0.1, 0.15) is 0 Å². The predicted molar refractivity (Wildman–Crippen MR) is 290 cm³/mol. The van der Waals surface area contributed by atoms with Gasteiger partial charge < -0.3 is 0 Å². The molecule has 0 heterocycles. The maximum atomic E-state index is 2.39. The highest BCUT2D eigenvalue weighted by molar-refractivity contribution is 4.87. The van der Waals surface area contributed by atoms with Crippen LogP contribution < -0.4 is 0 Å². The lowest BCUT2D eigenvalue weighted by atomic mass is 9.64. The highest BCUT2D eigenvalue weighted by atomic mass is 14.4. The van der Waals surface area contributed by atoms with Gasteiger partial charge in [0.25, 0.3) is 0 Å². The summed E-state index contributed by atoms with van der Waals surface area (Å²) >= 11 is 0. The Morgan fingerprint density at radius 1 is 0.381 bits per heavy atom. The molecule has 0 bridgehead atoms. The summed E-state index contributed by atoms with van der Waals surface area (Å²) in [5.74, 6) is 13.4. The zero-order chi connectivity index (χ0) is 48.6. The average Bonchev–Trinajstić information content (AvgIpc) is 3.16. The third-order valence-corrected chi connectivity index (χ3v) is 20.1. The SMILES string of the molecule is CC1CC(C)(C)C1.CC1CC(C)(C)C1.CC1CCC1(C)C.CC1C[C@H](C)C1C.CCC1(C)CCC1.CCC1CC(C)C1.CCC1CC(C)C1.CCC1CCC1C.C[C@H]1CCC1(C)C. The van der Waals surface area contributed by atoms with Crippen LogP contribution >= 0.6 is 0 Å². The zero-order valence-corrected chi connectivity index (χ0v) is 48.6. The van der Waals surface area contributed by atoms with E-state index in [2.05, 4.69) is 159 Å². The Bertz CT molecular complexity index is 1050. The van der Waals surface area contributed by atoms with Gasteiger partial charge in [-0.05, 0) is 207 Å². The molecule has 0 aliphatic heterocycles. The molecule has 9 saturated carbocycles. The van der Waals surface area contributed by atoms with Crippen molar-refractivity contribution < 1.29 is 0 Å². The van der Waals surface area contributed by atoms with E-state index >= 15 is 0 Å². The van der Waals surface area contributed by atoms with E-state index in [1.54, 1.807) is 0 Å². The minimum Gasteiger partial charge on any atom is -0.0651 e. The summed E-state index contributed by atoms with van der Waals surface area (Å²) in [5.41, 5.74) is 3.51. The van der Waals surface area contributed by atoms with E-state index in [0.717, 1.165) is 82.3 Å². The maximum absolute atomic E-state index is 2.39. The lowest BCUT2D eigenvalue weighted by molar-refractivity contribution is 0.0891. The molecule has 0 N–H and O–H groups in total. The Balaban J connectivity index is 0.000000354. The van der Waals surface area contributed by atoms with E-state index in [4.69, 9.17) is 0 Å². The Hall–Kier alpha value is 0. The molecule has 0 saturated heterocycles. The monoisotopic (exact) mass is 883 g/mol. The van der Waals surface area contributed by atoms with Crippen LogP contribution in [-0.2, 0) is 0 Å². The molecule has 0 aromatic rings. The van der Waals surface area contributed by atoms with Crippen LogP contribution in [0.15, 0.2) is 0 Å². The average molecular weight is 884 g/mol. The fourth-order valence-corrected chi connectivity index (χ4v) is 12.3. The molecule has 0 amide bonds. The second-order valence-electron chi connectivity index (χ2n) is 28.7. The van der Waals surface area contributed by atoms with Crippen LogP contribution in [0.4, 0.5) is 0 Å². The largest absolute Gasteiger partial charge is 0.0651 e. The van der Waals surface area contributed by atoms with Gasteiger partial charge in [0.2, 0.25) is 0 Å². The van der Waals surface area contributed by atoms with Gasteiger partial charge in [-0.15, -0.1) is 0 Å². The van der Waals surface area contributed by atoms with Gasteiger partial charge in [-0.2, -0.15) is 0 Å². The van der Waals surface area contributed by atoms with Crippen LogP contribution in [0, 0.1) is 104 Å². The van der Waals surface area contributed by atoms with Crippen molar-refractivity contribution >= 4 is 0 Å². The molecular formula is C63H126. The van der Waals surface area contributed by atoms with Gasteiger partial charge in [-0.3, -0.25) is 0 Å². The summed E-state index contributed by atoms with van der Waals surface area (Å²) in [6, 6.07) is 0. The summed E-state index contributed by atoms with van der Waals surface area (Å²) in [5, 5.41) is 0. The van der Waals surface area contributed by atoms with Gasteiger partial charge in [0, 0.05) is 0 Å². The number of hydrogen-bond donors (Lipinski definition) is 0. The van der Waals surface area contributed by atoms with Crippen LogP contribution in [0.2, 0.25) is 0 Å². The molecule has 7 atom stereocenters. The van der Waals surface area contributed by atoms with Crippen LogP contribution in [0.3, 0.4) is 0 Å². The van der Waals surface area contributed by atoms with E-state index in [1.807, 2.05) is 0 Å². The summed E-state index contributed by atoms with van der Waals surface area (Å²) in [6.45, 7) is 53.7. The fraction of sp³-hybridized carbons (Fsp3) is 1.00. The number of rotatable bonds is 4. The smallest absolute Gasteiger partial charge is 0.0328 e. The summed E-state index contributed by atoms with van der Waals surface area (Å²) < 4.78 is 0. The van der Waals surface area contributed by atoms with Gasteiger partial charge in [0.15, 0.2) is 0 Å². The van der Waals surface area contributed by atoms with Crippen LogP contribution in [0.25, 0.3) is 0 Å². The first-order valence-electron chi connectivity index (χ1n) is 28.9. The fourth-order valence-electron chi connectivity index (χ4n) is 12.3. The highest BCUT2D eigenvalue weighted by Gasteiger charge is 2.36. The molecule has 0 aromatic heterocycles. The van der Waals surface area contributed by atoms with Crippen molar-refractivity contribution in [1.82, 2.24) is 0 Å². The van der Waals surface area contributed by atoms with Gasteiger partial charge in [-0.25, -0.2) is 0 Å². The normalized spacial score (nSPS) is 36.9. The lowest BCUT2D eigenvalue weighted by Crippen LogP contribution is -2.31. The van der Waals surface area contributed by atoms with Crippen molar-refractivity contribution in [3.63, 3.8) is 0 Å². The highest BCUT2D eigenvalue weighted by Crippen LogP contribution is 2.47. The molecule has 5 unspecified atom stereocenters. The van der Waals surface area contributed by atoms with E-state index < -0.39 is 0 Å². The van der Waals surface area contributed by atoms with Crippen molar-refractivity contribution in [3.05, 3.63) is 0 Å². The van der Waals surface area contributed by atoms with Gasteiger partial charge in [0.05, 0.1) is 0 Å². The topological polar surface area (TPSA) is 0 Å². The van der Waals surface area contributed by atoms with Gasteiger partial charge in [-0.1, -0.05) is 198 Å². The van der Waals surface area contributed by atoms with E-state index in [1.165, 1.54) is 141 Å². The molecular weight excluding hydrogens is 757 g/mol. The molecule has 0 spiro atoms. The molecule has 9 aliphatic carbocycles. The predicted octanol–water partition coefficient (Wildman–Crippen LogP) is 22.0. The molecule has 0 aromatic carbocycles. The summed E-state index contributed by atoms with van der Waals surface area (Å²) in [6.07, 6.45) is 32.0. The molecule has 63 heavy (non-hydrogen) atoms. The third-order valence-electron chi connectivity index (χ3n) is 20.1. The second-order valence-corrected chi connectivity index (χ2v) is 28.7. The van der Waals surface area contributed by atoms with E-state index in [-0.39, 0.29) is 0 Å². The van der Waals surface area contributed by atoms with Crippen molar-refractivity contribution in [1.29, 1.82) is 0 Å². The number of hydrogen-bond acceptors (Lipinski definition) is 0. The van der Waals surface area contributed by atoms with Gasteiger partial charge >= 0.3 is 0 Å². The van der Waals surface area contributed by atoms with Crippen LogP contribution in [0.5, 0.6) is 0 Å². The first-order chi connectivity index (χ1) is 28.9. The van der Waals surface area contributed by atoms with Crippen molar-refractivity contribution in [3.8, 4) is 0 Å². The van der Waals surface area contributed by atoms with E-state index in [9.17, 15) is 0 Å². The second kappa shape index (κ2) is 27.9. The molecule has 9 rings (SSSR count). The maximum Gasteiger partial charge on any atom is -0.0328 e. The Morgan fingerprint density at radius 3 is 0.746 bits per heavy atom. The Morgan fingerprint density at radius 2 is 0.730 bits per heavy atom. The molecule has 9 aliphatic rings. The van der Waals surface area contributed by atoms with Crippen LogP contribution in [0.1, 0.15) is 301 Å². The zero-order valence-electron chi connectivity index (χ0n) is 48.6. The van der Waals surface area contributed by atoms with Crippen molar-refractivity contribution in [2.24, 2.45) is 104 Å². The summed E-state index contributed by atoms with van der Waals surface area (Å²) in [7, 11) is 0. The minimum atomic E-state index is 0.681. The quantitative estimate of drug-likeness (QED) is 0.264. The first kappa shape index (κ1) is 61.0. The molecule has 0 radical (unpaired) electrons. The molecule has 0 heteroatoms. The lowest BCUT2D eigenvalue weighted by Gasteiger charge is -2.42. The van der Waals surface area contributed by atoms with E-state index in [0.29, 0.717) is 21.7 Å². The van der Waals surface area contributed by atoms with Crippen LogP contribution in [-0.4, -0.2) is 0 Å². The Labute approximate surface area is 402 Å². The standard InChI is InChI=1S/9C7H14/c2*1-6-4-7(2,3)5-6;2*1-6-4-5-7(6,2)3;1-5-4-6(2)7(5)3;2*1-3-7-4-6(2)5-7;1-3-7(2)5-4-6-7;1-3-7-5-4-6(7)2/h4*6H,4-5H2,1-3H3;5-7H,4H2,1-3H3;2*6-7H,3-5H2,1-2H3;3-6H2,1-2H3;6-7H,3-5H2,1-2H3/t;;6-;;5-,6?,7?;;;;/m..0.0..../s1. The Kier molecular flexibility index (Phi) is 27.0. The first-order valence-corrected chi connectivity index (χ1v) is 28.9. The van der Waals surface area contributed by atoms with Crippen molar-refractivity contribution in [2.75, 3.05) is 0 Å². The summed E-state index contributed by atoms with van der Waals surface area (Å²) in [4.78, 5) is 0. The molecule has 378 valence electrons. The van der Waals surface area contributed by atoms with Crippen molar-refractivity contribution in [2.45, 2.75) is 301 Å². The third kappa shape index (κ3) is 23.2. The minimum absolute atomic E-state index is 0.681.